The molecule has 1 amide bonds. The number of hydrogen-bond acceptors (Lipinski definition) is 2. The van der Waals surface area contributed by atoms with E-state index in [-0.39, 0.29) is 16.9 Å². The fourth-order valence-electron chi connectivity index (χ4n) is 2.89. The molecule has 1 fully saturated rings. The van der Waals surface area contributed by atoms with E-state index in [0.717, 1.165) is 13.0 Å². The summed E-state index contributed by atoms with van der Waals surface area (Å²) in [5.74, 6) is 0.242. The van der Waals surface area contributed by atoms with E-state index >= 15 is 0 Å². The third-order valence-electron chi connectivity index (χ3n) is 3.92. The lowest BCUT2D eigenvalue weighted by Crippen LogP contribution is -2.30. The second-order valence-corrected chi connectivity index (χ2v) is 7.19. The van der Waals surface area contributed by atoms with Gasteiger partial charge in [0.25, 0.3) is 5.91 Å². The fourth-order valence-corrected chi connectivity index (χ4v) is 2.89. The summed E-state index contributed by atoms with van der Waals surface area (Å²) >= 11 is 0. The highest BCUT2D eigenvalue weighted by molar-refractivity contribution is 5.97. The van der Waals surface area contributed by atoms with E-state index in [4.69, 9.17) is 0 Å². The minimum atomic E-state index is -0.170. The van der Waals surface area contributed by atoms with Crippen molar-refractivity contribution in [3.8, 4) is 6.07 Å². The van der Waals surface area contributed by atoms with Crippen LogP contribution in [0.5, 0.6) is 0 Å². The van der Waals surface area contributed by atoms with Crippen molar-refractivity contribution in [2.24, 2.45) is 5.41 Å². The molecular formula is C19H24N2O. The van der Waals surface area contributed by atoms with Crippen molar-refractivity contribution >= 4 is 5.91 Å². The summed E-state index contributed by atoms with van der Waals surface area (Å²) in [7, 11) is 0. The lowest BCUT2D eigenvalue weighted by Gasteiger charge is -2.18. The first-order valence-electron chi connectivity index (χ1n) is 7.79. The first-order chi connectivity index (χ1) is 10.3. The highest BCUT2D eigenvalue weighted by Crippen LogP contribution is 2.29. The SMILES string of the molecule is Cc1cccc(C2CCN(C(=O)/C(C#N)=C/C(C)(C)C)C2)c1. The van der Waals surface area contributed by atoms with Crippen LogP contribution in [0, 0.1) is 23.7 Å². The van der Waals surface area contributed by atoms with Crippen molar-refractivity contribution in [2.45, 2.75) is 40.0 Å². The molecule has 1 aliphatic heterocycles. The van der Waals surface area contributed by atoms with Crippen LogP contribution in [0.1, 0.15) is 44.2 Å². The highest BCUT2D eigenvalue weighted by atomic mass is 16.2. The normalized spacial score (nSPS) is 19.1. The number of rotatable bonds is 2. The first kappa shape index (κ1) is 16.3. The zero-order chi connectivity index (χ0) is 16.3. The van der Waals surface area contributed by atoms with E-state index in [2.05, 4.69) is 37.3 Å². The van der Waals surface area contributed by atoms with Gasteiger partial charge in [0.2, 0.25) is 0 Å². The van der Waals surface area contributed by atoms with Crippen LogP contribution >= 0.6 is 0 Å². The molecule has 0 saturated carbocycles. The summed E-state index contributed by atoms with van der Waals surface area (Å²) in [6.45, 7) is 9.50. The second-order valence-electron chi connectivity index (χ2n) is 7.19. The Morgan fingerprint density at radius 1 is 1.41 bits per heavy atom. The minimum absolute atomic E-state index is 0.132. The molecule has 1 atom stereocenters. The summed E-state index contributed by atoms with van der Waals surface area (Å²) < 4.78 is 0. The zero-order valence-corrected chi connectivity index (χ0v) is 13.9. The van der Waals surface area contributed by atoms with Gasteiger partial charge in [-0.2, -0.15) is 5.26 Å². The number of benzene rings is 1. The molecule has 0 aromatic heterocycles. The van der Waals surface area contributed by atoms with Crippen LogP contribution < -0.4 is 0 Å². The first-order valence-corrected chi connectivity index (χ1v) is 7.79. The third kappa shape index (κ3) is 3.98. The molecule has 0 spiro atoms. The van der Waals surface area contributed by atoms with E-state index in [0.29, 0.717) is 12.5 Å². The molecule has 3 nitrogen and oxygen atoms in total. The van der Waals surface area contributed by atoms with Crippen molar-refractivity contribution in [3.05, 3.63) is 47.0 Å². The molecule has 0 N–H and O–H groups in total. The van der Waals surface area contributed by atoms with E-state index in [1.54, 1.807) is 6.08 Å². The third-order valence-corrected chi connectivity index (χ3v) is 3.92. The summed E-state index contributed by atoms with van der Waals surface area (Å²) in [6, 6.07) is 10.5. The number of amides is 1. The monoisotopic (exact) mass is 296 g/mol. The largest absolute Gasteiger partial charge is 0.337 e. The van der Waals surface area contributed by atoms with E-state index in [1.165, 1.54) is 11.1 Å². The minimum Gasteiger partial charge on any atom is -0.337 e. The van der Waals surface area contributed by atoms with Gasteiger partial charge in [0.05, 0.1) is 0 Å². The Morgan fingerprint density at radius 3 is 2.73 bits per heavy atom. The molecule has 1 aromatic rings. The van der Waals surface area contributed by atoms with Gasteiger partial charge in [-0.05, 0) is 24.3 Å². The molecule has 1 aliphatic rings. The van der Waals surface area contributed by atoms with Crippen LogP contribution in [0.2, 0.25) is 0 Å². The number of allylic oxidation sites excluding steroid dienone is 1. The molecular weight excluding hydrogens is 272 g/mol. The van der Waals surface area contributed by atoms with E-state index < -0.39 is 0 Å². The molecule has 1 heterocycles. The Kier molecular flexibility index (Phi) is 4.71. The van der Waals surface area contributed by atoms with Gasteiger partial charge >= 0.3 is 0 Å². The maximum atomic E-state index is 12.5. The zero-order valence-electron chi connectivity index (χ0n) is 13.9. The molecule has 1 unspecified atom stereocenters. The van der Waals surface area contributed by atoms with E-state index in [1.807, 2.05) is 25.7 Å². The Hall–Kier alpha value is -2.08. The lowest BCUT2D eigenvalue weighted by molar-refractivity contribution is -0.125. The van der Waals surface area contributed by atoms with Gasteiger partial charge in [0.15, 0.2) is 0 Å². The van der Waals surface area contributed by atoms with Crippen molar-refractivity contribution in [1.82, 2.24) is 4.90 Å². The van der Waals surface area contributed by atoms with Crippen molar-refractivity contribution in [3.63, 3.8) is 0 Å². The molecule has 2 rings (SSSR count). The molecule has 0 bridgehead atoms. The molecule has 3 heteroatoms. The van der Waals surface area contributed by atoms with Gasteiger partial charge in [-0.15, -0.1) is 0 Å². The molecule has 116 valence electrons. The number of nitrogens with zero attached hydrogens (tertiary/aromatic N) is 2. The van der Waals surface area contributed by atoms with Gasteiger partial charge in [0.1, 0.15) is 11.6 Å². The van der Waals surface area contributed by atoms with Gasteiger partial charge < -0.3 is 4.90 Å². The smallest absolute Gasteiger partial charge is 0.264 e. The van der Waals surface area contributed by atoms with Crippen LogP contribution in [0.3, 0.4) is 0 Å². The topological polar surface area (TPSA) is 44.1 Å². The quantitative estimate of drug-likeness (QED) is 0.615. The lowest BCUT2D eigenvalue weighted by atomic mass is 9.93. The molecule has 1 aromatic carbocycles. The maximum Gasteiger partial charge on any atom is 0.264 e. The molecule has 1 saturated heterocycles. The summed E-state index contributed by atoms with van der Waals surface area (Å²) in [4.78, 5) is 14.3. The van der Waals surface area contributed by atoms with Crippen LogP contribution in [0.4, 0.5) is 0 Å². The van der Waals surface area contributed by atoms with Crippen LogP contribution in [0.15, 0.2) is 35.9 Å². The van der Waals surface area contributed by atoms with E-state index in [9.17, 15) is 10.1 Å². The summed E-state index contributed by atoms with van der Waals surface area (Å²) in [5, 5.41) is 9.27. The number of carbonyl (C=O) groups is 1. The summed E-state index contributed by atoms with van der Waals surface area (Å²) in [6.07, 6.45) is 2.73. The Morgan fingerprint density at radius 2 is 2.14 bits per heavy atom. The Balaban J connectivity index is 2.11. The van der Waals surface area contributed by atoms with Gasteiger partial charge in [0, 0.05) is 19.0 Å². The number of hydrogen-bond donors (Lipinski definition) is 0. The van der Waals surface area contributed by atoms with Gasteiger partial charge in [-0.25, -0.2) is 0 Å². The number of nitriles is 1. The highest BCUT2D eigenvalue weighted by Gasteiger charge is 2.29. The van der Waals surface area contributed by atoms with Crippen molar-refractivity contribution in [2.75, 3.05) is 13.1 Å². The Labute approximate surface area is 133 Å². The molecule has 0 aliphatic carbocycles. The maximum absolute atomic E-state index is 12.5. The molecule has 0 radical (unpaired) electrons. The summed E-state index contributed by atoms with van der Waals surface area (Å²) in [5.41, 5.74) is 2.62. The number of likely N-dealkylation sites (tertiary alicyclic amines) is 1. The Bertz CT molecular complexity index is 632. The van der Waals surface area contributed by atoms with Gasteiger partial charge in [-0.3, -0.25) is 4.79 Å². The number of aryl methyl sites for hydroxylation is 1. The average molecular weight is 296 g/mol. The second kappa shape index (κ2) is 6.36. The molecule has 22 heavy (non-hydrogen) atoms. The van der Waals surface area contributed by atoms with Crippen molar-refractivity contribution < 1.29 is 4.79 Å². The van der Waals surface area contributed by atoms with Crippen LogP contribution in [-0.4, -0.2) is 23.9 Å². The standard InChI is InChI=1S/C19H24N2O/c1-14-6-5-7-15(10-14)16-8-9-21(13-16)18(22)17(12-20)11-19(2,3)4/h5-7,10-11,16H,8-9,13H2,1-4H3/b17-11+. The number of carbonyl (C=O) groups excluding carboxylic acids is 1. The van der Waals surface area contributed by atoms with Crippen molar-refractivity contribution in [1.29, 1.82) is 5.26 Å². The van der Waals surface area contributed by atoms with Crippen LogP contribution in [0.25, 0.3) is 0 Å². The predicted molar refractivity (Wildman–Crippen MR) is 88.3 cm³/mol. The predicted octanol–water partition coefficient (Wildman–Crippen LogP) is 3.81. The fraction of sp³-hybridized carbons (Fsp3) is 0.474. The van der Waals surface area contributed by atoms with Gasteiger partial charge in [-0.1, -0.05) is 56.7 Å². The average Bonchev–Trinajstić information content (AvgIpc) is 2.93. The van der Waals surface area contributed by atoms with Crippen LogP contribution in [-0.2, 0) is 4.79 Å².